The van der Waals surface area contributed by atoms with Gasteiger partial charge in [-0.1, -0.05) is 6.07 Å². The molecule has 150 valence electrons. The third-order valence-corrected chi connectivity index (χ3v) is 5.97. The van der Waals surface area contributed by atoms with Crippen LogP contribution in [0.1, 0.15) is 63.1 Å². The Kier molecular flexibility index (Phi) is 7.00. The second kappa shape index (κ2) is 9.45. The van der Waals surface area contributed by atoms with Crippen LogP contribution in [0.4, 0.5) is 0 Å². The van der Waals surface area contributed by atoms with E-state index in [1.807, 2.05) is 6.07 Å². The number of rotatable bonds is 5. The Morgan fingerprint density at radius 2 is 1.96 bits per heavy atom. The van der Waals surface area contributed by atoms with E-state index < -0.39 is 0 Å². The smallest absolute Gasteiger partial charge is 0.191 e. The number of hydrogen-bond donors (Lipinski definition) is 3. The molecule has 1 aromatic rings. The minimum atomic E-state index is 0.389. The Morgan fingerprint density at radius 1 is 1.22 bits per heavy atom. The minimum Gasteiger partial charge on any atom is -0.508 e. The molecule has 0 unspecified atom stereocenters. The fourth-order valence-electron chi connectivity index (χ4n) is 4.30. The van der Waals surface area contributed by atoms with Gasteiger partial charge in [0.2, 0.25) is 0 Å². The van der Waals surface area contributed by atoms with Crippen LogP contribution in [-0.2, 0) is 19.4 Å². The van der Waals surface area contributed by atoms with Crippen LogP contribution in [0.3, 0.4) is 0 Å². The highest BCUT2D eigenvalue weighted by Crippen LogP contribution is 2.31. The molecule has 3 N–H and O–H groups in total. The van der Waals surface area contributed by atoms with Crippen molar-refractivity contribution >= 4 is 5.96 Å². The van der Waals surface area contributed by atoms with Gasteiger partial charge in [-0.05, 0) is 76.5 Å². The molecule has 0 amide bonds. The molecule has 3 rings (SSSR count). The van der Waals surface area contributed by atoms with Gasteiger partial charge in [0.25, 0.3) is 0 Å². The van der Waals surface area contributed by atoms with E-state index in [2.05, 4.69) is 42.4 Å². The maximum absolute atomic E-state index is 10.4. The number of nitrogens with zero attached hydrogens (tertiary/aromatic N) is 2. The van der Waals surface area contributed by atoms with Crippen molar-refractivity contribution in [1.82, 2.24) is 15.5 Å². The Bertz CT molecular complexity index is 648. The zero-order valence-electron chi connectivity index (χ0n) is 17.2. The normalized spacial score (nSPS) is 19.2. The fraction of sp³-hybridized carbons (Fsp3) is 0.682. The van der Waals surface area contributed by atoms with Gasteiger partial charge in [0.05, 0.1) is 6.54 Å². The second-order valence-corrected chi connectivity index (χ2v) is 8.15. The van der Waals surface area contributed by atoms with Crippen molar-refractivity contribution in [2.75, 3.05) is 19.6 Å². The average molecular weight is 373 g/mol. The Labute approximate surface area is 164 Å². The molecule has 0 aromatic heterocycles. The molecule has 5 heteroatoms. The summed E-state index contributed by atoms with van der Waals surface area (Å²) in [5, 5.41) is 17.4. The van der Waals surface area contributed by atoms with Crippen LogP contribution < -0.4 is 10.6 Å². The Hall–Kier alpha value is -1.75. The zero-order chi connectivity index (χ0) is 19.2. The SMILES string of the molecule is CCNC(=NCc1c(O)ccc2c1CCCC2)NC1CCN(C(C)C)CC1. The third-order valence-electron chi connectivity index (χ3n) is 5.97. The van der Waals surface area contributed by atoms with Crippen LogP contribution in [0.25, 0.3) is 0 Å². The van der Waals surface area contributed by atoms with E-state index in [1.54, 1.807) is 0 Å². The summed E-state index contributed by atoms with van der Waals surface area (Å²) >= 11 is 0. The maximum Gasteiger partial charge on any atom is 0.191 e. The van der Waals surface area contributed by atoms with Gasteiger partial charge in [-0.3, -0.25) is 0 Å². The monoisotopic (exact) mass is 372 g/mol. The van der Waals surface area contributed by atoms with Crippen molar-refractivity contribution < 1.29 is 5.11 Å². The van der Waals surface area contributed by atoms with Gasteiger partial charge in [-0.25, -0.2) is 4.99 Å². The summed E-state index contributed by atoms with van der Waals surface area (Å²) in [6.45, 7) is 10.3. The lowest BCUT2D eigenvalue weighted by Crippen LogP contribution is -2.49. The highest BCUT2D eigenvalue weighted by Gasteiger charge is 2.22. The Morgan fingerprint density at radius 3 is 2.67 bits per heavy atom. The largest absolute Gasteiger partial charge is 0.508 e. The molecule has 5 nitrogen and oxygen atoms in total. The first-order valence-corrected chi connectivity index (χ1v) is 10.7. The predicted octanol–water partition coefficient (Wildman–Crippen LogP) is 3.20. The maximum atomic E-state index is 10.4. The van der Waals surface area contributed by atoms with Crippen molar-refractivity contribution in [3.63, 3.8) is 0 Å². The van der Waals surface area contributed by atoms with Gasteiger partial charge in [-0.2, -0.15) is 0 Å². The number of hydrogen-bond acceptors (Lipinski definition) is 3. The van der Waals surface area contributed by atoms with Crippen LogP contribution >= 0.6 is 0 Å². The van der Waals surface area contributed by atoms with Crippen molar-refractivity contribution in [3.8, 4) is 5.75 Å². The number of aliphatic imine (C=N–C) groups is 1. The van der Waals surface area contributed by atoms with Crippen LogP contribution in [0.2, 0.25) is 0 Å². The first-order chi connectivity index (χ1) is 13.1. The lowest BCUT2D eigenvalue weighted by atomic mass is 9.88. The van der Waals surface area contributed by atoms with Gasteiger partial charge in [-0.15, -0.1) is 0 Å². The number of phenols is 1. The molecular formula is C22H36N4O. The van der Waals surface area contributed by atoms with E-state index in [9.17, 15) is 5.11 Å². The number of phenolic OH excluding ortho intramolecular Hbond substituents is 1. The molecule has 0 atom stereocenters. The first-order valence-electron chi connectivity index (χ1n) is 10.7. The number of piperidine rings is 1. The molecule has 27 heavy (non-hydrogen) atoms. The zero-order valence-corrected chi connectivity index (χ0v) is 17.2. The minimum absolute atomic E-state index is 0.389. The summed E-state index contributed by atoms with van der Waals surface area (Å²) in [4.78, 5) is 7.36. The van der Waals surface area contributed by atoms with E-state index in [0.29, 0.717) is 24.4 Å². The van der Waals surface area contributed by atoms with Crippen molar-refractivity contribution in [1.29, 1.82) is 0 Å². The molecule has 0 spiro atoms. The number of fused-ring (bicyclic) bond motifs is 1. The molecule has 1 fully saturated rings. The van der Waals surface area contributed by atoms with E-state index in [-0.39, 0.29) is 0 Å². The summed E-state index contributed by atoms with van der Waals surface area (Å²) in [7, 11) is 0. The highest BCUT2D eigenvalue weighted by atomic mass is 16.3. The summed E-state index contributed by atoms with van der Waals surface area (Å²) < 4.78 is 0. The van der Waals surface area contributed by atoms with Gasteiger partial charge in [0.1, 0.15) is 5.75 Å². The number of aryl methyl sites for hydroxylation is 1. The number of guanidine groups is 1. The highest BCUT2D eigenvalue weighted by molar-refractivity contribution is 5.80. The van der Waals surface area contributed by atoms with Crippen LogP contribution in [0, 0.1) is 0 Å². The quantitative estimate of drug-likeness (QED) is 0.549. The molecule has 1 heterocycles. The number of benzene rings is 1. The number of likely N-dealkylation sites (tertiary alicyclic amines) is 1. The van der Waals surface area contributed by atoms with Gasteiger partial charge >= 0.3 is 0 Å². The van der Waals surface area contributed by atoms with Gasteiger partial charge in [0.15, 0.2) is 5.96 Å². The molecular weight excluding hydrogens is 336 g/mol. The summed E-state index contributed by atoms with van der Waals surface area (Å²) in [5.41, 5.74) is 3.73. The number of aromatic hydroxyl groups is 1. The van der Waals surface area contributed by atoms with E-state index in [4.69, 9.17) is 4.99 Å². The van der Waals surface area contributed by atoms with Crippen molar-refractivity contribution in [2.24, 2.45) is 4.99 Å². The molecule has 1 aromatic carbocycles. The standard InChI is InChI=1S/C22H36N4O/c1-4-23-22(25-18-11-13-26(14-12-18)16(2)3)24-15-20-19-8-6-5-7-17(19)9-10-21(20)27/h9-10,16,18,27H,4-8,11-15H2,1-3H3,(H2,23,24,25). The lowest BCUT2D eigenvalue weighted by molar-refractivity contribution is 0.167. The lowest BCUT2D eigenvalue weighted by Gasteiger charge is -2.35. The average Bonchev–Trinajstić information content (AvgIpc) is 2.67. The molecule has 1 aliphatic heterocycles. The van der Waals surface area contributed by atoms with Crippen LogP contribution in [0.5, 0.6) is 5.75 Å². The fourth-order valence-corrected chi connectivity index (χ4v) is 4.30. The summed E-state index contributed by atoms with van der Waals surface area (Å²) in [5.74, 6) is 1.26. The van der Waals surface area contributed by atoms with Crippen LogP contribution in [-0.4, -0.2) is 47.7 Å². The van der Waals surface area contributed by atoms with E-state index >= 15 is 0 Å². The first kappa shape index (κ1) is 20.0. The topological polar surface area (TPSA) is 59.9 Å². The molecule has 1 saturated heterocycles. The summed E-state index contributed by atoms with van der Waals surface area (Å²) in [6, 6.07) is 5.02. The van der Waals surface area contributed by atoms with Crippen LogP contribution in [0.15, 0.2) is 17.1 Å². The molecule has 2 aliphatic rings. The van der Waals surface area contributed by atoms with E-state index in [1.165, 1.54) is 24.0 Å². The van der Waals surface area contributed by atoms with E-state index in [0.717, 1.165) is 56.8 Å². The molecule has 0 saturated carbocycles. The second-order valence-electron chi connectivity index (χ2n) is 8.15. The molecule has 1 aliphatic carbocycles. The predicted molar refractivity (Wildman–Crippen MR) is 112 cm³/mol. The van der Waals surface area contributed by atoms with Gasteiger partial charge in [0, 0.05) is 37.3 Å². The number of nitrogens with one attached hydrogen (secondary N) is 2. The van der Waals surface area contributed by atoms with Crippen molar-refractivity contribution in [2.45, 2.75) is 77.9 Å². The summed E-state index contributed by atoms with van der Waals surface area (Å²) in [6.07, 6.45) is 6.94. The molecule has 0 bridgehead atoms. The van der Waals surface area contributed by atoms with Crippen molar-refractivity contribution in [3.05, 3.63) is 28.8 Å². The third kappa shape index (κ3) is 5.16. The molecule has 0 radical (unpaired) electrons. The Balaban J connectivity index is 1.66. The van der Waals surface area contributed by atoms with Gasteiger partial charge < -0.3 is 20.6 Å².